The van der Waals surface area contributed by atoms with Gasteiger partial charge in [0.2, 0.25) is 0 Å². The molecule has 1 atom stereocenters. The van der Waals surface area contributed by atoms with E-state index in [0.29, 0.717) is 22.9 Å². The van der Waals surface area contributed by atoms with Gasteiger partial charge in [-0.05, 0) is 25.2 Å². The topological polar surface area (TPSA) is 37.3 Å². The van der Waals surface area contributed by atoms with Gasteiger partial charge in [-0.15, -0.1) is 0 Å². The molecule has 0 aromatic rings. The SMILES string of the molecule is CCCC1CCC(Cl)=C(C(=O)O)C1. The van der Waals surface area contributed by atoms with Crippen LogP contribution in [0.15, 0.2) is 10.6 Å². The lowest BCUT2D eigenvalue weighted by molar-refractivity contribution is -0.133. The fraction of sp³-hybridized carbons (Fsp3) is 0.700. The summed E-state index contributed by atoms with van der Waals surface area (Å²) in [5.74, 6) is -0.315. The molecule has 0 aliphatic heterocycles. The maximum Gasteiger partial charge on any atom is 0.332 e. The van der Waals surface area contributed by atoms with Crippen LogP contribution in [-0.2, 0) is 4.79 Å². The van der Waals surface area contributed by atoms with E-state index >= 15 is 0 Å². The van der Waals surface area contributed by atoms with Crippen molar-refractivity contribution in [2.75, 3.05) is 0 Å². The van der Waals surface area contributed by atoms with Gasteiger partial charge in [-0.1, -0.05) is 31.4 Å². The maximum atomic E-state index is 10.8. The molecule has 0 radical (unpaired) electrons. The van der Waals surface area contributed by atoms with Crippen LogP contribution >= 0.6 is 11.6 Å². The number of aliphatic carboxylic acids is 1. The molecule has 0 aromatic carbocycles. The Labute approximate surface area is 83.6 Å². The second-order valence-corrected chi connectivity index (χ2v) is 4.04. The number of hydrogen-bond acceptors (Lipinski definition) is 1. The van der Waals surface area contributed by atoms with Crippen molar-refractivity contribution < 1.29 is 9.90 Å². The van der Waals surface area contributed by atoms with Crippen molar-refractivity contribution in [2.24, 2.45) is 5.92 Å². The van der Waals surface area contributed by atoms with E-state index < -0.39 is 5.97 Å². The van der Waals surface area contributed by atoms with Crippen LogP contribution in [-0.4, -0.2) is 11.1 Å². The van der Waals surface area contributed by atoms with Gasteiger partial charge in [0.05, 0.1) is 5.57 Å². The van der Waals surface area contributed by atoms with E-state index in [2.05, 4.69) is 6.92 Å². The minimum absolute atomic E-state index is 0.436. The fourth-order valence-corrected chi connectivity index (χ4v) is 2.11. The molecule has 1 unspecified atom stereocenters. The zero-order chi connectivity index (χ0) is 9.84. The minimum atomic E-state index is -0.842. The third-order valence-corrected chi connectivity index (χ3v) is 2.96. The second kappa shape index (κ2) is 4.66. The highest BCUT2D eigenvalue weighted by Gasteiger charge is 2.23. The zero-order valence-electron chi connectivity index (χ0n) is 7.85. The van der Waals surface area contributed by atoms with E-state index in [1.54, 1.807) is 0 Å². The predicted molar refractivity (Wildman–Crippen MR) is 52.8 cm³/mol. The largest absolute Gasteiger partial charge is 0.478 e. The molecule has 1 aliphatic carbocycles. The summed E-state index contributed by atoms with van der Waals surface area (Å²) < 4.78 is 0. The van der Waals surface area contributed by atoms with Gasteiger partial charge in [-0.3, -0.25) is 0 Å². The number of rotatable bonds is 3. The first kappa shape index (κ1) is 10.6. The van der Waals surface area contributed by atoms with Crippen molar-refractivity contribution in [3.05, 3.63) is 10.6 Å². The molecule has 13 heavy (non-hydrogen) atoms. The monoisotopic (exact) mass is 202 g/mol. The van der Waals surface area contributed by atoms with Crippen molar-refractivity contribution >= 4 is 17.6 Å². The van der Waals surface area contributed by atoms with E-state index in [1.807, 2.05) is 0 Å². The molecule has 3 heteroatoms. The standard InChI is InChI=1S/C10H15ClO2/c1-2-3-7-4-5-9(11)8(6-7)10(12)13/h7H,2-6H2,1H3,(H,12,13). The molecule has 0 spiro atoms. The second-order valence-electron chi connectivity index (χ2n) is 3.59. The van der Waals surface area contributed by atoms with E-state index in [-0.39, 0.29) is 0 Å². The quantitative estimate of drug-likeness (QED) is 0.764. The van der Waals surface area contributed by atoms with Crippen LogP contribution in [0.4, 0.5) is 0 Å². The van der Waals surface area contributed by atoms with Gasteiger partial charge < -0.3 is 5.11 Å². The lowest BCUT2D eigenvalue weighted by atomic mass is 9.86. The minimum Gasteiger partial charge on any atom is -0.478 e. The van der Waals surface area contributed by atoms with E-state index in [9.17, 15) is 4.79 Å². The van der Waals surface area contributed by atoms with Crippen LogP contribution in [0.3, 0.4) is 0 Å². The van der Waals surface area contributed by atoms with Gasteiger partial charge in [-0.2, -0.15) is 0 Å². The fourth-order valence-electron chi connectivity index (χ4n) is 1.84. The first-order chi connectivity index (χ1) is 6.15. The van der Waals surface area contributed by atoms with Crippen LogP contribution in [0, 0.1) is 5.92 Å². The van der Waals surface area contributed by atoms with Gasteiger partial charge >= 0.3 is 5.97 Å². The molecule has 0 saturated carbocycles. The number of allylic oxidation sites excluding steroid dienone is 1. The summed E-state index contributed by atoms with van der Waals surface area (Å²) in [4.78, 5) is 10.8. The molecule has 0 fully saturated rings. The Bertz CT molecular complexity index is 233. The normalized spacial score (nSPS) is 23.4. The maximum absolute atomic E-state index is 10.8. The van der Waals surface area contributed by atoms with Crippen LogP contribution < -0.4 is 0 Å². The molecule has 0 aromatic heterocycles. The summed E-state index contributed by atoms with van der Waals surface area (Å²) >= 11 is 5.84. The number of halogens is 1. The molecule has 1 aliphatic rings. The molecule has 74 valence electrons. The highest BCUT2D eigenvalue weighted by Crippen LogP contribution is 2.33. The molecule has 0 saturated heterocycles. The van der Waals surface area contributed by atoms with Crippen molar-refractivity contribution in [1.29, 1.82) is 0 Å². The van der Waals surface area contributed by atoms with E-state index in [0.717, 1.165) is 25.7 Å². The molecule has 1 rings (SSSR count). The Balaban J connectivity index is 2.64. The first-order valence-electron chi connectivity index (χ1n) is 4.76. The van der Waals surface area contributed by atoms with Crippen LogP contribution in [0.5, 0.6) is 0 Å². The molecule has 0 amide bonds. The molecule has 0 bridgehead atoms. The number of carbonyl (C=O) groups is 1. The molecular formula is C10H15ClO2. The highest BCUT2D eigenvalue weighted by molar-refractivity contribution is 6.31. The third-order valence-electron chi connectivity index (χ3n) is 2.55. The lowest BCUT2D eigenvalue weighted by Crippen LogP contribution is -2.14. The molecule has 0 heterocycles. The van der Waals surface area contributed by atoms with Crippen LogP contribution in [0.2, 0.25) is 0 Å². The Kier molecular flexibility index (Phi) is 3.79. The van der Waals surface area contributed by atoms with E-state index in [4.69, 9.17) is 16.7 Å². The van der Waals surface area contributed by atoms with Crippen molar-refractivity contribution in [2.45, 2.75) is 39.0 Å². The Morgan fingerprint density at radius 3 is 2.92 bits per heavy atom. The first-order valence-corrected chi connectivity index (χ1v) is 5.13. The number of carboxylic acids is 1. The van der Waals surface area contributed by atoms with Crippen LogP contribution in [0.25, 0.3) is 0 Å². The zero-order valence-corrected chi connectivity index (χ0v) is 8.60. The molecular weight excluding hydrogens is 188 g/mol. The van der Waals surface area contributed by atoms with Crippen molar-refractivity contribution in [1.82, 2.24) is 0 Å². The smallest absolute Gasteiger partial charge is 0.332 e. The average Bonchev–Trinajstić information content (AvgIpc) is 2.08. The summed E-state index contributed by atoms with van der Waals surface area (Å²) in [5.41, 5.74) is 0.436. The van der Waals surface area contributed by atoms with Gasteiger partial charge in [0.1, 0.15) is 0 Å². The number of carboxylic acid groups (broad SMARTS) is 1. The Morgan fingerprint density at radius 1 is 1.69 bits per heavy atom. The van der Waals surface area contributed by atoms with Gasteiger partial charge in [0, 0.05) is 5.03 Å². The molecule has 2 nitrogen and oxygen atoms in total. The number of hydrogen-bond donors (Lipinski definition) is 1. The van der Waals surface area contributed by atoms with Gasteiger partial charge in [0.25, 0.3) is 0 Å². The predicted octanol–water partition coefficient (Wildman–Crippen LogP) is 3.16. The Morgan fingerprint density at radius 2 is 2.38 bits per heavy atom. The average molecular weight is 203 g/mol. The lowest BCUT2D eigenvalue weighted by Gasteiger charge is -2.22. The van der Waals surface area contributed by atoms with Gasteiger partial charge in [-0.25, -0.2) is 4.79 Å². The highest BCUT2D eigenvalue weighted by atomic mass is 35.5. The van der Waals surface area contributed by atoms with Gasteiger partial charge in [0.15, 0.2) is 0 Å². The Hall–Kier alpha value is -0.500. The van der Waals surface area contributed by atoms with E-state index in [1.165, 1.54) is 0 Å². The van der Waals surface area contributed by atoms with Crippen molar-refractivity contribution in [3.8, 4) is 0 Å². The summed E-state index contributed by atoms with van der Waals surface area (Å²) in [6.07, 6.45) is 4.68. The van der Waals surface area contributed by atoms with Crippen molar-refractivity contribution in [3.63, 3.8) is 0 Å². The summed E-state index contributed by atoms with van der Waals surface area (Å²) in [7, 11) is 0. The summed E-state index contributed by atoms with van der Waals surface area (Å²) in [5, 5.41) is 9.41. The summed E-state index contributed by atoms with van der Waals surface area (Å²) in [6, 6.07) is 0. The third kappa shape index (κ3) is 2.73. The van der Waals surface area contributed by atoms with Crippen LogP contribution in [0.1, 0.15) is 39.0 Å². The molecule has 1 N–H and O–H groups in total. The summed E-state index contributed by atoms with van der Waals surface area (Å²) in [6.45, 7) is 2.13.